The number of pyridine rings is 1. The average Bonchev–Trinajstić information content (AvgIpc) is 3.23. The summed E-state index contributed by atoms with van der Waals surface area (Å²) in [7, 11) is 0. The quantitative estimate of drug-likeness (QED) is 0.488. The van der Waals surface area contributed by atoms with Gasteiger partial charge in [0.1, 0.15) is 16.9 Å². The van der Waals surface area contributed by atoms with Crippen molar-refractivity contribution in [1.82, 2.24) is 24.9 Å². The first kappa shape index (κ1) is 17.1. The number of aromatic nitrogens is 4. The fraction of sp³-hybridized carbons (Fsp3) is 0. The summed E-state index contributed by atoms with van der Waals surface area (Å²) in [5.41, 5.74) is 7.74. The van der Waals surface area contributed by atoms with Gasteiger partial charge in [0.15, 0.2) is 0 Å². The van der Waals surface area contributed by atoms with Crippen LogP contribution in [0.2, 0.25) is 5.02 Å². The minimum Gasteiger partial charge on any atom is -0.384 e. The van der Waals surface area contributed by atoms with Crippen molar-refractivity contribution in [3.05, 3.63) is 75.0 Å². The van der Waals surface area contributed by atoms with Gasteiger partial charge < -0.3 is 5.73 Å². The van der Waals surface area contributed by atoms with Gasteiger partial charge in [0.25, 0.3) is 17.4 Å². The molecule has 2 aromatic heterocycles. The number of nitrogens with two attached hydrogens (primary N) is 1. The number of anilines is 1. The van der Waals surface area contributed by atoms with E-state index in [1.165, 1.54) is 4.80 Å². The van der Waals surface area contributed by atoms with E-state index in [0.717, 1.165) is 16.3 Å². The molecule has 0 radical (unpaired) electrons. The molecule has 29 heavy (non-hydrogen) atoms. The number of fused-ring (bicyclic) bond motifs is 2. The fourth-order valence-corrected chi connectivity index (χ4v) is 3.40. The van der Waals surface area contributed by atoms with Crippen molar-refractivity contribution in [1.29, 1.82) is 0 Å². The molecule has 1 aliphatic heterocycles. The fourth-order valence-electron chi connectivity index (χ4n) is 3.28. The molecule has 0 bridgehead atoms. The van der Waals surface area contributed by atoms with Crippen LogP contribution < -0.4 is 16.6 Å². The molecule has 10 heteroatoms. The lowest BCUT2D eigenvalue weighted by Gasteiger charge is -2.11. The lowest BCUT2D eigenvalue weighted by Crippen LogP contribution is -2.24. The topological polar surface area (TPSA) is 125 Å². The molecule has 3 heterocycles. The minimum absolute atomic E-state index is 0.0143. The van der Waals surface area contributed by atoms with Gasteiger partial charge in [0.2, 0.25) is 0 Å². The van der Waals surface area contributed by atoms with Gasteiger partial charge in [-0.25, -0.2) is 0 Å². The monoisotopic (exact) mass is 406 g/mol. The molecule has 0 saturated carbocycles. The van der Waals surface area contributed by atoms with E-state index in [1.54, 1.807) is 42.5 Å². The van der Waals surface area contributed by atoms with E-state index in [0.29, 0.717) is 21.7 Å². The molecule has 2 amide bonds. The summed E-state index contributed by atoms with van der Waals surface area (Å²) >= 11 is 5.91. The highest BCUT2D eigenvalue weighted by molar-refractivity contribution is 6.30. The summed E-state index contributed by atoms with van der Waals surface area (Å²) in [6, 6.07) is 13.1. The number of nitrogens with zero attached hydrogens (tertiary/aromatic N) is 4. The third kappa shape index (κ3) is 2.59. The lowest BCUT2D eigenvalue weighted by atomic mass is 10.1. The normalized spacial score (nSPS) is 13.0. The van der Waals surface area contributed by atoms with E-state index in [1.807, 2.05) is 0 Å². The second-order valence-electron chi connectivity index (χ2n) is 6.41. The molecule has 0 unspecified atom stereocenters. The van der Waals surface area contributed by atoms with Crippen LogP contribution in [0.5, 0.6) is 0 Å². The van der Waals surface area contributed by atoms with Gasteiger partial charge in [0.05, 0.1) is 22.5 Å². The maximum atomic E-state index is 12.6. The molecular formula is C19H11ClN6O3. The molecule has 3 N–H and O–H groups in total. The van der Waals surface area contributed by atoms with Crippen LogP contribution in [-0.2, 0) is 0 Å². The Morgan fingerprint density at radius 1 is 0.862 bits per heavy atom. The molecule has 0 atom stereocenters. The van der Waals surface area contributed by atoms with E-state index in [-0.39, 0.29) is 16.9 Å². The number of nitrogens with one attached hydrogen (secondary N) is 1. The van der Waals surface area contributed by atoms with Crippen LogP contribution in [0.3, 0.4) is 0 Å². The van der Waals surface area contributed by atoms with Gasteiger partial charge in [0, 0.05) is 11.1 Å². The predicted molar refractivity (Wildman–Crippen MR) is 106 cm³/mol. The Labute approximate surface area is 167 Å². The highest BCUT2D eigenvalue weighted by atomic mass is 35.5. The van der Waals surface area contributed by atoms with Crippen molar-refractivity contribution in [3.8, 4) is 11.4 Å². The summed E-state index contributed by atoms with van der Waals surface area (Å²) in [6.45, 7) is 0. The molecule has 2 aromatic carbocycles. The number of carbonyl (C=O) groups excluding carboxylic acids is 2. The number of hydrogen-bond acceptors (Lipinski definition) is 6. The lowest BCUT2D eigenvalue weighted by molar-refractivity contribution is 0.0880. The number of benzene rings is 2. The summed E-state index contributed by atoms with van der Waals surface area (Å²) in [4.78, 5) is 37.9. The van der Waals surface area contributed by atoms with Crippen LogP contribution in [-0.4, -0.2) is 31.4 Å². The standard InChI is InChI=1S/C19H11ClN6O3/c20-9-1-3-10(4-2-9)26-23-13-6-5-11(7-14(13)24-26)25-15(27)8-12-16(17(25)21)19(29)22-18(12)28/h1-8H,21H2,(H,22,28,29). The van der Waals surface area contributed by atoms with Crippen molar-refractivity contribution in [3.63, 3.8) is 0 Å². The second kappa shape index (κ2) is 6.01. The first-order chi connectivity index (χ1) is 13.9. The van der Waals surface area contributed by atoms with E-state index in [9.17, 15) is 14.4 Å². The molecule has 0 fully saturated rings. The Kier molecular flexibility index (Phi) is 3.55. The van der Waals surface area contributed by atoms with Crippen molar-refractivity contribution in [2.24, 2.45) is 0 Å². The molecule has 5 rings (SSSR count). The molecule has 4 aromatic rings. The van der Waals surface area contributed by atoms with Gasteiger partial charge in [-0.2, -0.15) is 4.80 Å². The summed E-state index contributed by atoms with van der Waals surface area (Å²) in [5.74, 6) is -1.38. The van der Waals surface area contributed by atoms with E-state index >= 15 is 0 Å². The Balaban J connectivity index is 1.66. The largest absolute Gasteiger partial charge is 0.384 e. The molecule has 0 aliphatic carbocycles. The zero-order chi connectivity index (χ0) is 20.3. The number of amides is 2. The van der Waals surface area contributed by atoms with Gasteiger partial charge in [-0.05, 0) is 42.5 Å². The zero-order valence-electron chi connectivity index (χ0n) is 14.6. The van der Waals surface area contributed by atoms with Gasteiger partial charge in [-0.3, -0.25) is 24.3 Å². The number of rotatable bonds is 2. The maximum Gasteiger partial charge on any atom is 0.262 e. The Morgan fingerprint density at radius 3 is 2.31 bits per heavy atom. The van der Waals surface area contributed by atoms with E-state index in [2.05, 4.69) is 15.5 Å². The predicted octanol–water partition coefficient (Wildman–Crippen LogP) is 1.69. The smallest absolute Gasteiger partial charge is 0.262 e. The minimum atomic E-state index is -0.637. The van der Waals surface area contributed by atoms with Crippen LogP contribution in [0.4, 0.5) is 5.82 Å². The zero-order valence-corrected chi connectivity index (χ0v) is 15.3. The highest BCUT2D eigenvalue weighted by Crippen LogP contribution is 2.24. The van der Waals surface area contributed by atoms with E-state index in [4.69, 9.17) is 17.3 Å². The summed E-state index contributed by atoms with van der Waals surface area (Å²) in [5, 5.41) is 11.6. The maximum absolute atomic E-state index is 12.6. The number of hydrogen-bond donors (Lipinski definition) is 2. The second-order valence-corrected chi connectivity index (χ2v) is 6.85. The van der Waals surface area contributed by atoms with Crippen LogP contribution in [0.15, 0.2) is 53.3 Å². The van der Waals surface area contributed by atoms with Gasteiger partial charge in [-0.15, -0.1) is 10.2 Å². The summed E-state index contributed by atoms with van der Waals surface area (Å²) in [6.07, 6.45) is 0. The number of halogens is 1. The van der Waals surface area contributed by atoms with Crippen molar-refractivity contribution in [2.45, 2.75) is 0 Å². The first-order valence-corrected chi connectivity index (χ1v) is 8.85. The average molecular weight is 407 g/mol. The third-order valence-corrected chi connectivity index (χ3v) is 4.88. The molecule has 142 valence electrons. The van der Waals surface area contributed by atoms with E-state index < -0.39 is 17.4 Å². The first-order valence-electron chi connectivity index (χ1n) is 8.47. The molecule has 9 nitrogen and oxygen atoms in total. The molecule has 0 saturated heterocycles. The number of carbonyl (C=O) groups is 2. The SMILES string of the molecule is Nc1c2c(cc(=O)n1-c1ccc3nn(-c4ccc(Cl)cc4)nc3c1)C(=O)NC2=O. The van der Waals surface area contributed by atoms with Crippen LogP contribution in [0, 0.1) is 0 Å². The van der Waals surface area contributed by atoms with Crippen LogP contribution in [0.1, 0.15) is 20.7 Å². The summed E-state index contributed by atoms with van der Waals surface area (Å²) < 4.78 is 1.16. The van der Waals surface area contributed by atoms with Crippen LogP contribution >= 0.6 is 11.6 Å². The molecule has 0 spiro atoms. The van der Waals surface area contributed by atoms with Crippen molar-refractivity contribution >= 4 is 40.3 Å². The third-order valence-electron chi connectivity index (χ3n) is 4.63. The Hall–Kier alpha value is -3.98. The van der Waals surface area contributed by atoms with Gasteiger partial charge in [-0.1, -0.05) is 11.6 Å². The van der Waals surface area contributed by atoms with Crippen molar-refractivity contribution < 1.29 is 9.59 Å². The number of nitrogen functional groups attached to an aromatic ring is 1. The van der Waals surface area contributed by atoms with Gasteiger partial charge >= 0.3 is 0 Å². The Bertz CT molecular complexity index is 1400. The highest BCUT2D eigenvalue weighted by Gasteiger charge is 2.31. The molecular weight excluding hydrogens is 396 g/mol. The Morgan fingerprint density at radius 2 is 1.55 bits per heavy atom. The van der Waals surface area contributed by atoms with Crippen LogP contribution in [0.25, 0.3) is 22.4 Å². The number of imide groups is 1. The van der Waals surface area contributed by atoms with Crippen molar-refractivity contribution in [2.75, 3.05) is 5.73 Å². The molecule has 1 aliphatic rings.